The molecule has 5 rings (SSSR count). The largest absolute Gasteiger partial charge is 0.353 e. The second-order valence-electron chi connectivity index (χ2n) is 8.09. The van der Waals surface area contributed by atoms with Crippen LogP contribution in [0.25, 0.3) is 22.0 Å². The number of pyridine rings is 1. The molecule has 2 heterocycles. The van der Waals surface area contributed by atoms with E-state index in [1.165, 1.54) is 6.07 Å². The fraction of sp³-hybridized carbons (Fsp3) is 0.148. The van der Waals surface area contributed by atoms with Gasteiger partial charge >= 0.3 is 6.03 Å². The molecule has 1 N–H and O–H groups in total. The van der Waals surface area contributed by atoms with Crippen molar-refractivity contribution in [1.29, 1.82) is 5.26 Å². The summed E-state index contributed by atoms with van der Waals surface area (Å²) in [5, 5.41) is 13.0. The van der Waals surface area contributed by atoms with Crippen LogP contribution in [0.1, 0.15) is 5.56 Å². The Kier molecular flexibility index (Phi) is 5.79. The Morgan fingerprint density at radius 1 is 0.882 bits per heavy atom. The zero-order valence-electron chi connectivity index (χ0n) is 18.4. The summed E-state index contributed by atoms with van der Waals surface area (Å²) in [4.78, 5) is 21.5. The highest BCUT2D eigenvalue weighted by molar-refractivity contribution is 5.95. The van der Waals surface area contributed by atoms with Crippen LogP contribution in [0.4, 0.5) is 20.7 Å². The summed E-state index contributed by atoms with van der Waals surface area (Å²) < 4.78 is 14.5. The van der Waals surface area contributed by atoms with Gasteiger partial charge in [-0.3, -0.25) is 0 Å². The molecule has 34 heavy (non-hydrogen) atoms. The number of rotatable bonds is 3. The van der Waals surface area contributed by atoms with E-state index in [1.54, 1.807) is 41.3 Å². The molecular weight excluding hydrogens is 429 g/mol. The number of nitriles is 1. The van der Waals surface area contributed by atoms with Gasteiger partial charge in [-0.1, -0.05) is 48.5 Å². The van der Waals surface area contributed by atoms with Crippen molar-refractivity contribution in [2.75, 3.05) is 36.4 Å². The lowest BCUT2D eigenvalue weighted by molar-refractivity contribution is 0.208. The van der Waals surface area contributed by atoms with Crippen LogP contribution < -0.4 is 10.2 Å². The van der Waals surface area contributed by atoms with Crippen molar-refractivity contribution in [2.45, 2.75) is 0 Å². The molecule has 0 spiro atoms. The van der Waals surface area contributed by atoms with Gasteiger partial charge in [0.05, 0.1) is 16.8 Å². The standard InChI is InChI=1S/C27H22FN5O/c28-23-10-3-2-8-21(23)22-9-5-7-19-12-13-25(31-26(19)22)32-14-16-33(17-15-32)27(34)30-24-11-4-1-6-20(24)18-29/h1-13H,14-17H2,(H,30,34). The zero-order chi connectivity index (χ0) is 23.5. The lowest BCUT2D eigenvalue weighted by Gasteiger charge is -2.35. The maximum absolute atomic E-state index is 14.5. The predicted octanol–water partition coefficient (Wildman–Crippen LogP) is 5.27. The quantitative estimate of drug-likeness (QED) is 0.461. The molecule has 0 bridgehead atoms. The third-order valence-corrected chi connectivity index (χ3v) is 6.05. The first-order valence-electron chi connectivity index (χ1n) is 11.1. The number of amides is 2. The minimum Gasteiger partial charge on any atom is -0.353 e. The van der Waals surface area contributed by atoms with Crippen molar-refractivity contribution in [3.05, 3.63) is 90.2 Å². The Labute approximate surface area is 196 Å². The van der Waals surface area contributed by atoms with E-state index < -0.39 is 0 Å². The molecule has 168 valence electrons. The number of hydrogen-bond donors (Lipinski definition) is 1. The van der Waals surface area contributed by atoms with Gasteiger partial charge in [0.2, 0.25) is 0 Å². The molecular formula is C27H22FN5O. The number of piperazine rings is 1. The molecule has 3 aromatic carbocycles. The van der Waals surface area contributed by atoms with Crippen LogP contribution in [0.5, 0.6) is 0 Å². The smallest absolute Gasteiger partial charge is 0.322 e. The van der Waals surface area contributed by atoms with Gasteiger partial charge in [-0.25, -0.2) is 14.2 Å². The monoisotopic (exact) mass is 451 g/mol. The molecule has 1 fully saturated rings. The van der Waals surface area contributed by atoms with Crippen LogP contribution in [-0.4, -0.2) is 42.1 Å². The number of carbonyl (C=O) groups excluding carboxylic acids is 1. The first-order chi connectivity index (χ1) is 16.6. The third kappa shape index (κ3) is 4.14. The van der Waals surface area contributed by atoms with E-state index in [0.29, 0.717) is 43.0 Å². The van der Waals surface area contributed by atoms with Crippen LogP contribution in [0.3, 0.4) is 0 Å². The molecule has 0 atom stereocenters. The molecule has 6 nitrogen and oxygen atoms in total. The van der Waals surface area contributed by atoms with Gasteiger partial charge in [0.1, 0.15) is 17.7 Å². The normalized spacial score (nSPS) is 13.5. The number of nitrogens with one attached hydrogen (secondary N) is 1. The summed E-state index contributed by atoms with van der Waals surface area (Å²) >= 11 is 0. The molecule has 7 heteroatoms. The van der Waals surface area contributed by atoms with E-state index in [1.807, 2.05) is 36.4 Å². The maximum Gasteiger partial charge on any atom is 0.322 e. The Morgan fingerprint density at radius 3 is 2.41 bits per heavy atom. The molecule has 4 aromatic rings. The SMILES string of the molecule is N#Cc1ccccc1NC(=O)N1CCN(c2ccc3cccc(-c4ccccc4F)c3n2)CC1. The van der Waals surface area contributed by atoms with E-state index in [-0.39, 0.29) is 11.8 Å². The molecule has 0 saturated carbocycles. The average molecular weight is 452 g/mol. The molecule has 0 aliphatic carbocycles. The fourth-order valence-electron chi connectivity index (χ4n) is 4.23. The average Bonchev–Trinajstić information content (AvgIpc) is 2.89. The highest BCUT2D eigenvalue weighted by Gasteiger charge is 2.23. The molecule has 0 unspecified atom stereocenters. The summed E-state index contributed by atoms with van der Waals surface area (Å²) in [6, 6.07) is 25.3. The van der Waals surface area contributed by atoms with Crippen molar-refractivity contribution in [3.63, 3.8) is 0 Å². The highest BCUT2D eigenvalue weighted by Crippen LogP contribution is 2.31. The number of aromatic nitrogens is 1. The Bertz CT molecular complexity index is 1410. The summed E-state index contributed by atoms with van der Waals surface area (Å²) in [5.41, 5.74) is 2.97. The van der Waals surface area contributed by atoms with Gasteiger partial charge in [-0.15, -0.1) is 0 Å². The van der Waals surface area contributed by atoms with Crippen LogP contribution in [0, 0.1) is 17.1 Å². The van der Waals surface area contributed by atoms with E-state index in [0.717, 1.165) is 22.3 Å². The van der Waals surface area contributed by atoms with Crippen molar-refractivity contribution < 1.29 is 9.18 Å². The van der Waals surface area contributed by atoms with Gasteiger partial charge in [0.15, 0.2) is 0 Å². The molecule has 2 amide bonds. The molecule has 1 aliphatic heterocycles. The van der Waals surface area contributed by atoms with E-state index >= 15 is 0 Å². The van der Waals surface area contributed by atoms with Crippen molar-refractivity contribution in [1.82, 2.24) is 9.88 Å². The number of hydrogen-bond acceptors (Lipinski definition) is 4. The fourth-order valence-corrected chi connectivity index (χ4v) is 4.23. The summed E-state index contributed by atoms with van der Waals surface area (Å²) in [5.74, 6) is 0.519. The second kappa shape index (κ2) is 9.20. The first kappa shape index (κ1) is 21.4. The number of halogens is 1. The number of nitrogens with zero attached hydrogens (tertiary/aromatic N) is 4. The van der Waals surface area contributed by atoms with Crippen LogP contribution in [-0.2, 0) is 0 Å². The van der Waals surface area contributed by atoms with Crippen molar-refractivity contribution in [2.24, 2.45) is 0 Å². The Hall–Kier alpha value is -4.44. The summed E-state index contributed by atoms with van der Waals surface area (Å²) in [7, 11) is 0. The number of anilines is 2. The number of fused-ring (bicyclic) bond motifs is 1. The Balaban J connectivity index is 1.33. The zero-order valence-corrected chi connectivity index (χ0v) is 18.4. The summed E-state index contributed by atoms with van der Waals surface area (Å²) in [6.07, 6.45) is 0. The Morgan fingerprint density at radius 2 is 1.62 bits per heavy atom. The molecule has 1 aliphatic rings. The first-order valence-corrected chi connectivity index (χ1v) is 11.1. The molecule has 0 radical (unpaired) electrons. The number of benzene rings is 3. The van der Waals surface area contributed by atoms with Gasteiger partial charge in [0, 0.05) is 42.7 Å². The number of urea groups is 1. The van der Waals surface area contributed by atoms with Gasteiger partial charge in [-0.2, -0.15) is 5.26 Å². The summed E-state index contributed by atoms with van der Waals surface area (Å²) in [6.45, 7) is 2.28. The lowest BCUT2D eigenvalue weighted by atomic mass is 10.0. The minimum atomic E-state index is -0.278. The second-order valence-corrected chi connectivity index (χ2v) is 8.09. The third-order valence-electron chi connectivity index (χ3n) is 6.05. The maximum atomic E-state index is 14.5. The predicted molar refractivity (Wildman–Crippen MR) is 131 cm³/mol. The number of carbonyl (C=O) groups is 1. The lowest BCUT2D eigenvalue weighted by Crippen LogP contribution is -2.50. The van der Waals surface area contributed by atoms with Crippen LogP contribution in [0.2, 0.25) is 0 Å². The van der Waals surface area contributed by atoms with Crippen molar-refractivity contribution in [3.8, 4) is 17.2 Å². The van der Waals surface area contributed by atoms with Gasteiger partial charge in [0.25, 0.3) is 0 Å². The van der Waals surface area contributed by atoms with Gasteiger partial charge < -0.3 is 15.1 Å². The van der Waals surface area contributed by atoms with Crippen LogP contribution >= 0.6 is 0 Å². The van der Waals surface area contributed by atoms with Gasteiger partial charge in [-0.05, 0) is 30.3 Å². The topological polar surface area (TPSA) is 72.3 Å². The number of para-hydroxylation sites is 2. The minimum absolute atomic E-state index is 0.226. The van der Waals surface area contributed by atoms with Crippen LogP contribution in [0.15, 0.2) is 78.9 Å². The molecule has 1 aromatic heterocycles. The van der Waals surface area contributed by atoms with E-state index in [2.05, 4.69) is 16.3 Å². The highest BCUT2D eigenvalue weighted by atomic mass is 19.1. The van der Waals surface area contributed by atoms with E-state index in [9.17, 15) is 14.4 Å². The molecule has 1 saturated heterocycles. The van der Waals surface area contributed by atoms with E-state index in [4.69, 9.17) is 4.98 Å². The van der Waals surface area contributed by atoms with Crippen molar-refractivity contribution >= 4 is 28.4 Å².